The van der Waals surface area contributed by atoms with E-state index in [1.54, 1.807) is 54.0 Å². The van der Waals surface area contributed by atoms with Gasteiger partial charge in [0.15, 0.2) is 4.80 Å². The Morgan fingerprint density at radius 1 is 0.977 bits per heavy atom. The van der Waals surface area contributed by atoms with Gasteiger partial charge < -0.3 is 15.0 Å². The summed E-state index contributed by atoms with van der Waals surface area (Å²) in [5.41, 5.74) is 5.43. The Labute approximate surface area is 261 Å². The minimum atomic E-state index is -1.00. The standard InChI is InChI=1S/C34H27ClN4O4S/c1-19-16-24(21(3)38(19)27-11-7-8-23(17-27)33(42)43)18-28-32(41)39-30(22-12-14-25(35)15-13-22)29(20(2)36-34(39)44-28)31(40)37-26-9-5-4-6-10-26/h4-18,30H,1-3H3,(H,37,40)(H,42,43)/b28-18-/t30-/m0/s1. The van der Waals surface area contributed by atoms with Crippen LogP contribution in [0.4, 0.5) is 5.69 Å². The Balaban J connectivity index is 1.48. The molecule has 0 aliphatic carbocycles. The summed E-state index contributed by atoms with van der Waals surface area (Å²) in [5, 5.41) is 13.0. The third kappa shape index (κ3) is 5.32. The fourth-order valence-electron chi connectivity index (χ4n) is 5.54. The van der Waals surface area contributed by atoms with Crippen LogP contribution in [-0.4, -0.2) is 26.1 Å². The summed E-state index contributed by atoms with van der Waals surface area (Å²) in [6, 6.07) is 24.2. The zero-order valence-electron chi connectivity index (χ0n) is 24.0. The molecule has 3 aromatic carbocycles. The van der Waals surface area contributed by atoms with Gasteiger partial charge in [-0.05, 0) is 86.5 Å². The maximum atomic E-state index is 14.1. The Kier molecular flexibility index (Phi) is 7.67. The molecule has 3 heterocycles. The molecule has 10 heteroatoms. The summed E-state index contributed by atoms with van der Waals surface area (Å²) in [5.74, 6) is -1.35. The molecule has 0 fully saturated rings. The van der Waals surface area contributed by atoms with Gasteiger partial charge in [-0.2, -0.15) is 0 Å². The van der Waals surface area contributed by atoms with Crippen molar-refractivity contribution in [3.8, 4) is 5.69 Å². The highest BCUT2D eigenvalue weighted by atomic mass is 35.5. The number of aromatic carboxylic acids is 1. The number of aromatic nitrogens is 2. The number of para-hydroxylation sites is 1. The van der Waals surface area contributed by atoms with Crippen molar-refractivity contribution in [3.05, 3.63) is 149 Å². The average Bonchev–Trinajstić information content (AvgIpc) is 3.46. The van der Waals surface area contributed by atoms with Gasteiger partial charge >= 0.3 is 5.97 Å². The SMILES string of the molecule is CC1=C(C(=O)Nc2ccccc2)[C@H](c2ccc(Cl)cc2)n2c(s/c(=C\c3cc(C)n(-c4cccc(C(=O)O)c4)c3C)c2=O)=N1. The number of halogens is 1. The van der Waals surface area contributed by atoms with E-state index in [1.807, 2.05) is 67.0 Å². The predicted octanol–water partition coefficient (Wildman–Crippen LogP) is 5.63. The maximum absolute atomic E-state index is 14.1. The van der Waals surface area contributed by atoms with E-state index in [0.29, 0.717) is 37.0 Å². The maximum Gasteiger partial charge on any atom is 0.335 e. The van der Waals surface area contributed by atoms with Gasteiger partial charge in [-0.15, -0.1) is 0 Å². The van der Waals surface area contributed by atoms with Crippen LogP contribution in [0.5, 0.6) is 0 Å². The number of amides is 1. The molecule has 0 saturated heterocycles. The summed E-state index contributed by atoms with van der Waals surface area (Å²) in [6.07, 6.45) is 1.83. The number of nitrogens with zero attached hydrogens (tertiary/aromatic N) is 3. The molecular formula is C34H27ClN4O4S. The van der Waals surface area contributed by atoms with E-state index in [0.717, 1.165) is 22.5 Å². The summed E-state index contributed by atoms with van der Waals surface area (Å²) in [4.78, 5) is 44.6. The van der Waals surface area contributed by atoms with E-state index < -0.39 is 12.0 Å². The molecule has 1 amide bonds. The number of nitrogens with one attached hydrogen (secondary N) is 1. The van der Waals surface area contributed by atoms with Gasteiger partial charge in [0.2, 0.25) is 0 Å². The first-order chi connectivity index (χ1) is 21.1. The number of benzene rings is 3. The second kappa shape index (κ2) is 11.6. The molecule has 0 saturated carbocycles. The first-order valence-corrected chi connectivity index (χ1v) is 15.0. The number of aryl methyl sites for hydroxylation is 1. The van der Waals surface area contributed by atoms with Crippen LogP contribution in [0.1, 0.15) is 45.8 Å². The van der Waals surface area contributed by atoms with Gasteiger partial charge in [-0.3, -0.25) is 14.2 Å². The molecule has 0 radical (unpaired) electrons. The third-order valence-electron chi connectivity index (χ3n) is 7.59. The molecule has 44 heavy (non-hydrogen) atoms. The number of hydrogen-bond acceptors (Lipinski definition) is 5. The molecule has 220 valence electrons. The number of anilines is 1. The summed E-state index contributed by atoms with van der Waals surface area (Å²) >= 11 is 7.45. The van der Waals surface area contributed by atoms with Gasteiger partial charge in [0, 0.05) is 27.8 Å². The number of thiazole rings is 1. The molecule has 1 aliphatic rings. The summed E-state index contributed by atoms with van der Waals surface area (Å²) in [7, 11) is 0. The number of rotatable bonds is 6. The first kappa shape index (κ1) is 29.1. The lowest BCUT2D eigenvalue weighted by Crippen LogP contribution is -2.40. The zero-order chi connectivity index (χ0) is 31.1. The van der Waals surface area contributed by atoms with Crippen molar-refractivity contribution < 1.29 is 14.7 Å². The number of carbonyl (C=O) groups excluding carboxylic acids is 1. The fraction of sp³-hybridized carbons (Fsp3) is 0.118. The molecule has 2 N–H and O–H groups in total. The number of hydrogen-bond donors (Lipinski definition) is 2. The molecule has 1 atom stereocenters. The number of fused-ring (bicyclic) bond motifs is 1. The number of carboxylic acids is 1. The van der Waals surface area contributed by atoms with Gasteiger partial charge in [-0.1, -0.05) is 59.3 Å². The van der Waals surface area contributed by atoms with Crippen molar-refractivity contribution in [1.82, 2.24) is 9.13 Å². The monoisotopic (exact) mass is 622 g/mol. The van der Waals surface area contributed by atoms with Crippen molar-refractivity contribution in [2.45, 2.75) is 26.8 Å². The molecule has 5 aromatic rings. The van der Waals surface area contributed by atoms with Gasteiger partial charge in [0.25, 0.3) is 11.5 Å². The Hall–Kier alpha value is -4.99. The topological polar surface area (TPSA) is 106 Å². The van der Waals surface area contributed by atoms with Crippen LogP contribution in [0.25, 0.3) is 11.8 Å². The Bertz CT molecular complexity index is 2160. The predicted molar refractivity (Wildman–Crippen MR) is 172 cm³/mol. The lowest BCUT2D eigenvalue weighted by molar-refractivity contribution is -0.113. The lowest BCUT2D eigenvalue weighted by atomic mass is 9.95. The van der Waals surface area contributed by atoms with Crippen LogP contribution in [-0.2, 0) is 4.79 Å². The van der Waals surface area contributed by atoms with Crippen LogP contribution >= 0.6 is 22.9 Å². The zero-order valence-corrected chi connectivity index (χ0v) is 25.6. The molecule has 0 spiro atoms. The number of allylic oxidation sites excluding steroid dienone is 1. The highest BCUT2D eigenvalue weighted by Crippen LogP contribution is 2.31. The highest BCUT2D eigenvalue weighted by molar-refractivity contribution is 7.07. The van der Waals surface area contributed by atoms with Crippen molar-refractivity contribution in [1.29, 1.82) is 0 Å². The molecular weight excluding hydrogens is 596 g/mol. The first-order valence-electron chi connectivity index (χ1n) is 13.8. The molecule has 1 aliphatic heterocycles. The van der Waals surface area contributed by atoms with Crippen LogP contribution < -0.4 is 20.2 Å². The van der Waals surface area contributed by atoms with Crippen LogP contribution in [0.3, 0.4) is 0 Å². The smallest absolute Gasteiger partial charge is 0.335 e. The second-order valence-electron chi connectivity index (χ2n) is 10.5. The van der Waals surface area contributed by atoms with E-state index >= 15 is 0 Å². The van der Waals surface area contributed by atoms with Gasteiger partial charge in [0.1, 0.15) is 0 Å². The van der Waals surface area contributed by atoms with Crippen molar-refractivity contribution in [2.75, 3.05) is 5.32 Å². The number of carboxylic acid groups (broad SMARTS) is 1. The van der Waals surface area contributed by atoms with Crippen LogP contribution in [0.2, 0.25) is 5.02 Å². The summed E-state index contributed by atoms with van der Waals surface area (Å²) < 4.78 is 3.99. The average molecular weight is 623 g/mol. The molecule has 8 nitrogen and oxygen atoms in total. The molecule has 2 aromatic heterocycles. The van der Waals surface area contributed by atoms with Crippen molar-refractivity contribution in [3.63, 3.8) is 0 Å². The minimum absolute atomic E-state index is 0.189. The van der Waals surface area contributed by atoms with Crippen LogP contribution in [0, 0.1) is 13.8 Å². The van der Waals surface area contributed by atoms with E-state index in [2.05, 4.69) is 5.32 Å². The molecule has 0 unspecified atom stereocenters. The van der Waals surface area contributed by atoms with Crippen LogP contribution in [0.15, 0.2) is 106 Å². The minimum Gasteiger partial charge on any atom is -0.478 e. The van der Waals surface area contributed by atoms with Crippen molar-refractivity contribution in [2.24, 2.45) is 4.99 Å². The quantitative estimate of drug-likeness (QED) is 0.256. The Morgan fingerprint density at radius 2 is 1.70 bits per heavy atom. The van der Waals surface area contributed by atoms with Gasteiger partial charge in [-0.25, -0.2) is 9.79 Å². The Morgan fingerprint density at radius 3 is 2.41 bits per heavy atom. The normalized spacial score (nSPS) is 14.7. The highest BCUT2D eigenvalue weighted by Gasteiger charge is 2.32. The largest absolute Gasteiger partial charge is 0.478 e. The van der Waals surface area contributed by atoms with E-state index in [4.69, 9.17) is 16.6 Å². The second-order valence-corrected chi connectivity index (χ2v) is 11.9. The third-order valence-corrected chi connectivity index (χ3v) is 8.83. The van der Waals surface area contributed by atoms with E-state index in [1.165, 1.54) is 11.3 Å². The molecule has 0 bridgehead atoms. The number of carbonyl (C=O) groups is 2. The van der Waals surface area contributed by atoms with Gasteiger partial charge in [0.05, 0.1) is 27.4 Å². The van der Waals surface area contributed by atoms with E-state index in [9.17, 15) is 19.5 Å². The fourth-order valence-corrected chi connectivity index (χ4v) is 6.71. The lowest BCUT2D eigenvalue weighted by Gasteiger charge is -2.25. The van der Waals surface area contributed by atoms with Crippen molar-refractivity contribution >= 4 is 46.6 Å². The summed E-state index contributed by atoms with van der Waals surface area (Å²) in [6.45, 7) is 5.63. The molecule has 6 rings (SSSR count). The van der Waals surface area contributed by atoms with E-state index in [-0.39, 0.29) is 17.0 Å².